The first-order valence-electron chi connectivity index (χ1n) is 13.3. The molecule has 0 saturated carbocycles. The van der Waals surface area contributed by atoms with E-state index < -0.39 is 6.10 Å². The van der Waals surface area contributed by atoms with E-state index in [1.54, 1.807) is 0 Å². The molecule has 0 saturated heterocycles. The Balaban J connectivity index is 3.28. The van der Waals surface area contributed by atoms with Crippen molar-refractivity contribution in [3.63, 3.8) is 0 Å². The van der Waals surface area contributed by atoms with Crippen molar-refractivity contribution >= 4 is 5.97 Å². The number of aliphatic hydroxyl groups excluding tert-OH is 2. The number of aliphatic hydroxyl groups is 2. The molecule has 0 aromatic carbocycles. The summed E-state index contributed by atoms with van der Waals surface area (Å²) >= 11 is 0. The van der Waals surface area contributed by atoms with Crippen molar-refractivity contribution in [2.45, 2.75) is 129 Å². The maximum absolute atomic E-state index is 11.4. The molecule has 0 aliphatic heterocycles. The van der Waals surface area contributed by atoms with Crippen LogP contribution in [0.2, 0.25) is 0 Å². The van der Waals surface area contributed by atoms with Gasteiger partial charge in [0.15, 0.2) is 0 Å². The van der Waals surface area contributed by atoms with E-state index in [0.29, 0.717) is 6.42 Å². The SMILES string of the molecule is CC(C)CCCCCCCCCCCC/C=C\CC/C=C\CCCC(=O)OC[C@@H](O)CO. The Bertz CT molecular complexity index is 456. The number of unbranched alkanes of at least 4 members (excludes halogenated alkanes) is 12. The fraction of sp³-hybridized carbons (Fsp3) is 0.821. The van der Waals surface area contributed by atoms with Gasteiger partial charge in [0.25, 0.3) is 0 Å². The summed E-state index contributed by atoms with van der Waals surface area (Å²) in [4.78, 5) is 11.4. The molecule has 0 unspecified atom stereocenters. The molecule has 4 nitrogen and oxygen atoms in total. The minimum absolute atomic E-state index is 0.129. The van der Waals surface area contributed by atoms with Gasteiger partial charge in [0.2, 0.25) is 0 Å². The Morgan fingerprint density at radius 2 is 1.19 bits per heavy atom. The largest absolute Gasteiger partial charge is 0.463 e. The second-order valence-corrected chi connectivity index (χ2v) is 9.44. The summed E-state index contributed by atoms with van der Waals surface area (Å²) < 4.78 is 4.86. The standard InChI is InChI=1S/C28H52O4/c1-26(2)22-20-18-16-14-12-10-8-6-4-3-5-7-9-11-13-15-17-19-21-23-28(31)32-25-27(30)24-29/h7,9,15,17,26-27,29-30H,3-6,8,10-14,16,18-25H2,1-2H3/b9-7-,17-15-/t27-/m0/s1. The van der Waals surface area contributed by atoms with Gasteiger partial charge in [-0.05, 0) is 44.4 Å². The molecule has 0 heterocycles. The van der Waals surface area contributed by atoms with Crippen molar-refractivity contribution in [2.75, 3.05) is 13.2 Å². The van der Waals surface area contributed by atoms with Gasteiger partial charge in [-0.1, -0.05) is 102 Å². The van der Waals surface area contributed by atoms with Gasteiger partial charge >= 0.3 is 5.97 Å². The predicted molar refractivity (Wildman–Crippen MR) is 136 cm³/mol. The monoisotopic (exact) mass is 452 g/mol. The third-order valence-corrected chi connectivity index (χ3v) is 5.63. The fourth-order valence-electron chi connectivity index (χ4n) is 3.57. The fourth-order valence-corrected chi connectivity index (χ4v) is 3.57. The van der Waals surface area contributed by atoms with Crippen molar-refractivity contribution in [1.82, 2.24) is 0 Å². The second kappa shape index (κ2) is 24.5. The summed E-state index contributed by atoms with van der Waals surface area (Å²) in [5.41, 5.74) is 0. The molecule has 0 fully saturated rings. The third kappa shape index (κ3) is 25.1. The summed E-state index contributed by atoms with van der Waals surface area (Å²) in [6, 6.07) is 0. The summed E-state index contributed by atoms with van der Waals surface area (Å²) in [7, 11) is 0. The van der Waals surface area contributed by atoms with Gasteiger partial charge < -0.3 is 14.9 Å². The number of ether oxygens (including phenoxy) is 1. The van der Waals surface area contributed by atoms with Gasteiger partial charge in [-0.2, -0.15) is 0 Å². The third-order valence-electron chi connectivity index (χ3n) is 5.63. The van der Waals surface area contributed by atoms with Gasteiger partial charge in [-0.15, -0.1) is 0 Å². The summed E-state index contributed by atoms with van der Waals surface area (Å²) in [6.07, 6.45) is 28.6. The molecular weight excluding hydrogens is 400 g/mol. The van der Waals surface area contributed by atoms with Gasteiger partial charge in [-0.3, -0.25) is 4.79 Å². The van der Waals surface area contributed by atoms with Crippen LogP contribution in [-0.4, -0.2) is 35.5 Å². The lowest BCUT2D eigenvalue weighted by Crippen LogP contribution is -2.21. The lowest BCUT2D eigenvalue weighted by Gasteiger charge is -2.07. The van der Waals surface area contributed by atoms with Crippen LogP contribution in [0, 0.1) is 5.92 Å². The molecule has 0 aromatic heterocycles. The molecule has 188 valence electrons. The maximum atomic E-state index is 11.4. The van der Waals surface area contributed by atoms with E-state index in [0.717, 1.165) is 31.6 Å². The highest BCUT2D eigenvalue weighted by molar-refractivity contribution is 5.69. The quantitative estimate of drug-likeness (QED) is 0.0970. The van der Waals surface area contributed by atoms with Crippen LogP contribution in [0.3, 0.4) is 0 Å². The maximum Gasteiger partial charge on any atom is 0.305 e. The van der Waals surface area contributed by atoms with Crippen molar-refractivity contribution in [3.8, 4) is 0 Å². The Kier molecular flexibility index (Phi) is 23.6. The number of hydrogen-bond acceptors (Lipinski definition) is 4. The Labute approximate surface area is 198 Å². The van der Waals surface area contributed by atoms with Crippen LogP contribution in [0.25, 0.3) is 0 Å². The number of hydrogen-bond donors (Lipinski definition) is 2. The van der Waals surface area contributed by atoms with Gasteiger partial charge in [0.05, 0.1) is 6.61 Å². The van der Waals surface area contributed by atoms with E-state index in [1.807, 2.05) is 0 Å². The average molecular weight is 453 g/mol. The lowest BCUT2D eigenvalue weighted by molar-refractivity contribution is -0.147. The Hall–Kier alpha value is -1.13. The van der Waals surface area contributed by atoms with Crippen molar-refractivity contribution in [3.05, 3.63) is 24.3 Å². The highest BCUT2D eigenvalue weighted by Gasteiger charge is 2.06. The van der Waals surface area contributed by atoms with E-state index in [9.17, 15) is 4.79 Å². The van der Waals surface area contributed by atoms with Crippen molar-refractivity contribution < 1.29 is 19.7 Å². The molecule has 0 spiro atoms. The zero-order chi connectivity index (χ0) is 23.7. The van der Waals surface area contributed by atoms with Crippen molar-refractivity contribution in [2.24, 2.45) is 5.92 Å². The van der Waals surface area contributed by atoms with E-state index >= 15 is 0 Å². The number of carbonyl (C=O) groups is 1. The summed E-state index contributed by atoms with van der Waals surface area (Å²) in [5, 5.41) is 17.8. The molecule has 0 bridgehead atoms. The van der Waals surface area contributed by atoms with Crippen LogP contribution in [0.4, 0.5) is 0 Å². The minimum atomic E-state index is -0.976. The van der Waals surface area contributed by atoms with Crippen LogP contribution in [0.5, 0.6) is 0 Å². The minimum Gasteiger partial charge on any atom is -0.463 e. The van der Waals surface area contributed by atoms with Gasteiger partial charge in [0, 0.05) is 6.42 Å². The highest BCUT2D eigenvalue weighted by atomic mass is 16.5. The van der Waals surface area contributed by atoms with Gasteiger partial charge in [-0.25, -0.2) is 0 Å². The first-order valence-corrected chi connectivity index (χ1v) is 13.3. The molecular formula is C28H52O4. The highest BCUT2D eigenvalue weighted by Crippen LogP contribution is 2.14. The average Bonchev–Trinajstić information content (AvgIpc) is 2.78. The summed E-state index contributed by atoms with van der Waals surface area (Å²) in [6.45, 7) is 4.12. The normalized spacial score (nSPS) is 12.9. The van der Waals surface area contributed by atoms with Crippen LogP contribution in [0.1, 0.15) is 123 Å². The van der Waals surface area contributed by atoms with Crippen LogP contribution >= 0.6 is 0 Å². The van der Waals surface area contributed by atoms with E-state index in [-0.39, 0.29) is 19.2 Å². The molecule has 0 radical (unpaired) electrons. The van der Waals surface area contributed by atoms with E-state index in [4.69, 9.17) is 14.9 Å². The second-order valence-electron chi connectivity index (χ2n) is 9.44. The predicted octanol–water partition coefficient (Wildman–Crippen LogP) is 7.28. The molecule has 0 aliphatic carbocycles. The Morgan fingerprint density at radius 1 is 0.719 bits per heavy atom. The molecule has 0 amide bonds. The first kappa shape index (κ1) is 30.9. The van der Waals surface area contributed by atoms with E-state index in [1.165, 1.54) is 77.0 Å². The number of allylic oxidation sites excluding steroid dienone is 4. The number of carbonyl (C=O) groups excluding carboxylic acids is 1. The van der Waals surface area contributed by atoms with E-state index in [2.05, 4.69) is 38.2 Å². The molecule has 1 atom stereocenters. The molecule has 0 aliphatic rings. The smallest absolute Gasteiger partial charge is 0.305 e. The zero-order valence-electron chi connectivity index (χ0n) is 21.1. The first-order chi connectivity index (χ1) is 15.6. The summed E-state index contributed by atoms with van der Waals surface area (Å²) in [5.74, 6) is 0.547. The number of esters is 1. The molecule has 2 N–H and O–H groups in total. The molecule has 32 heavy (non-hydrogen) atoms. The lowest BCUT2D eigenvalue weighted by atomic mass is 10.0. The van der Waals surface area contributed by atoms with Gasteiger partial charge in [0.1, 0.15) is 12.7 Å². The Morgan fingerprint density at radius 3 is 1.72 bits per heavy atom. The number of rotatable bonds is 23. The van der Waals surface area contributed by atoms with Crippen LogP contribution in [-0.2, 0) is 9.53 Å². The van der Waals surface area contributed by atoms with Crippen LogP contribution < -0.4 is 0 Å². The van der Waals surface area contributed by atoms with Crippen molar-refractivity contribution in [1.29, 1.82) is 0 Å². The van der Waals surface area contributed by atoms with Crippen LogP contribution in [0.15, 0.2) is 24.3 Å². The molecule has 0 rings (SSSR count). The molecule has 0 aromatic rings. The topological polar surface area (TPSA) is 66.8 Å². The molecule has 4 heteroatoms. The zero-order valence-corrected chi connectivity index (χ0v) is 21.1.